The molecule has 0 radical (unpaired) electrons. The van der Waals surface area contributed by atoms with E-state index in [0.29, 0.717) is 22.0 Å². The van der Waals surface area contributed by atoms with Crippen LogP contribution in [0.25, 0.3) is 0 Å². The Labute approximate surface area is 128 Å². The van der Waals surface area contributed by atoms with Gasteiger partial charge in [0.1, 0.15) is 0 Å². The first-order chi connectivity index (χ1) is 10.0. The van der Waals surface area contributed by atoms with Crippen molar-refractivity contribution in [2.24, 2.45) is 5.73 Å². The van der Waals surface area contributed by atoms with Crippen LogP contribution in [0.2, 0.25) is 5.02 Å². The lowest BCUT2D eigenvalue weighted by Gasteiger charge is -2.18. The van der Waals surface area contributed by atoms with Crippen LogP contribution in [0.1, 0.15) is 21.5 Å². The topological polar surface area (TPSA) is 81.1 Å². The molecule has 0 unspecified atom stereocenters. The van der Waals surface area contributed by atoms with Crippen LogP contribution in [0.15, 0.2) is 36.4 Å². The van der Waals surface area contributed by atoms with Crippen LogP contribution in [-0.2, 0) is 12.8 Å². The van der Waals surface area contributed by atoms with Gasteiger partial charge in [0.05, 0.1) is 16.3 Å². The zero-order valence-electron chi connectivity index (χ0n) is 11.4. The Bertz CT molecular complexity index is 690. The smallest absolute Gasteiger partial charge is 0.250 e. The van der Waals surface area contributed by atoms with E-state index in [1.54, 1.807) is 12.1 Å². The summed E-state index contributed by atoms with van der Waals surface area (Å²) in [4.78, 5) is 11.6. The van der Waals surface area contributed by atoms with Crippen molar-refractivity contribution in [1.82, 2.24) is 0 Å². The third-order valence-corrected chi connectivity index (χ3v) is 4.08. The number of nitrogens with one attached hydrogen (secondary N) is 1. The largest absolute Gasteiger partial charge is 0.399 e. The van der Waals surface area contributed by atoms with Crippen molar-refractivity contribution in [3.63, 3.8) is 0 Å². The van der Waals surface area contributed by atoms with Crippen molar-refractivity contribution in [2.75, 3.05) is 11.1 Å². The first kappa shape index (κ1) is 13.8. The van der Waals surface area contributed by atoms with Crippen molar-refractivity contribution in [2.45, 2.75) is 18.9 Å². The Morgan fingerprint density at radius 2 is 1.81 bits per heavy atom. The zero-order valence-corrected chi connectivity index (χ0v) is 12.2. The van der Waals surface area contributed by atoms with Crippen LogP contribution in [0, 0.1) is 0 Å². The van der Waals surface area contributed by atoms with Crippen LogP contribution in [0.5, 0.6) is 0 Å². The molecule has 2 aromatic rings. The zero-order chi connectivity index (χ0) is 15.0. The number of nitrogen functional groups attached to an aromatic ring is 1. The number of carbonyl (C=O) groups is 1. The summed E-state index contributed by atoms with van der Waals surface area (Å²) >= 11 is 6.22. The quantitative estimate of drug-likeness (QED) is 0.762. The molecule has 2 aromatic carbocycles. The Hall–Kier alpha value is -2.20. The fourth-order valence-electron chi connectivity index (χ4n) is 2.83. The number of amides is 1. The SMILES string of the molecule is NC(=O)c1cc(N)cc(Cl)c1NC1Cc2ccccc2C1. The summed E-state index contributed by atoms with van der Waals surface area (Å²) in [6.07, 6.45) is 1.80. The molecule has 1 amide bonds. The minimum Gasteiger partial charge on any atom is -0.399 e. The highest BCUT2D eigenvalue weighted by atomic mass is 35.5. The molecular formula is C16H16ClN3O. The van der Waals surface area contributed by atoms with Gasteiger partial charge in [0.25, 0.3) is 5.91 Å². The molecule has 1 aliphatic rings. The van der Waals surface area contributed by atoms with Gasteiger partial charge in [-0.25, -0.2) is 0 Å². The lowest BCUT2D eigenvalue weighted by molar-refractivity contribution is 0.100. The van der Waals surface area contributed by atoms with Crippen LogP contribution >= 0.6 is 11.6 Å². The molecule has 0 fully saturated rings. The van der Waals surface area contributed by atoms with Crippen LogP contribution in [-0.4, -0.2) is 11.9 Å². The van der Waals surface area contributed by atoms with E-state index in [-0.39, 0.29) is 6.04 Å². The highest BCUT2D eigenvalue weighted by Gasteiger charge is 2.23. The normalized spacial score (nSPS) is 14.0. The van der Waals surface area contributed by atoms with Gasteiger partial charge >= 0.3 is 0 Å². The number of rotatable bonds is 3. The van der Waals surface area contributed by atoms with Gasteiger partial charge < -0.3 is 16.8 Å². The van der Waals surface area contributed by atoms with Crippen molar-refractivity contribution in [3.05, 3.63) is 58.1 Å². The van der Waals surface area contributed by atoms with Gasteiger partial charge in [-0.3, -0.25) is 4.79 Å². The van der Waals surface area contributed by atoms with E-state index >= 15 is 0 Å². The standard InChI is InChI=1S/C16H16ClN3O/c17-14-8-11(18)7-13(16(19)21)15(14)20-12-5-9-3-1-2-4-10(9)6-12/h1-4,7-8,12,20H,5-6,18H2,(H2,19,21). The molecule has 0 bridgehead atoms. The van der Waals surface area contributed by atoms with Crippen molar-refractivity contribution >= 4 is 28.9 Å². The van der Waals surface area contributed by atoms with E-state index in [9.17, 15) is 4.79 Å². The molecule has 1 aliphatic carbocycles. The molecule has 0 aliphatic heterocycles. The Morgan fingerprint density at radius 1 is 1.19 bits per heavy atom. The second kappa shape index (κ2) is 5.30. The van der Waals surface area contributed by atoms with Crippen LogP contribution < -0.4 is 16.8 Å². The monoisotopic (exact) mass is 301 g/mol. The number of anilines is 2. The summed E-state index contributed by atoms with van der Waals surface area (Å²) in [6, 6.07) is 11.7. The summed E-state index contributed by atoms with van der Waals surface area (Å²) in [5, 5.41) is 3.76. The second-order valence-corrected chi connectivity index (χ2v) is 5.71. The van der Waals surface area contributed by atoms with E-state index in [2.05, 4.69) is 17.4 Å². The van der Waals surface area contributed by atoms with Gasteiger partial charge in [-0.15, -0.1) is 0 Å². The first-order valence-corrected chi connectivity index (χ1v) is 7.14. The van der Waals surface area contributed by atoms with Gasteiger partial charge in [0.2, 0.25) is 0 Å². The maximum absolute atomic E-state index is 11.6. The molecular weight excluding hydrogens is 286 g/mol. The van der Waals surface area contributed by atoms with Gasteiger partial charge in [-0.2, -0.15) is 0 Å². The van der Waals surface area contributed by atoms with E-state index < -0.39 is 5.91 Å². The van der Waals surface area contributed by atoms with Crippen LogP contribution in [0.3, 0.4) is 0 Å². The molecule has 0 saturated carbocycles. The van der Waals surface area contributed by atoms with E-state index in [4.69, 9.17) is 23.1 Å². The number of primary amides is 1. The van der Waals surface area contributed by atoms with Gasteiger partial charge in [-0.05, 0) is 36.1 Å². The van der Waals surface area contributed by atoms with Crippen molar-refractivity contribution in [1.29, 1.82) is 0 Å². The molecule has 3 rings (SSSR count). The summed E-state index contributed by atoms with van der Waals surface area (Å²) in [7, 11) is 0. The molecule has 4 nitrogen and oxygen atoms in total. The van der Waals surface area contributed by atoms with Gasteiger partial charge in [0.15, 0.2) is 0 Å². The predicted octanol–water partition coefficient (Wildman–Crippen LogP) is 2.60. The Kier molecular flexibility index (Phi) is 3.47. The molecule has 108 valence electrons. The molecule has 0 spiro atoms. The average molecular weight is 302 g/mol. The fourth-order valence-corrected chi connectivity index (χ4v) is 3.12. The number of hydrogen-bond acceptors (Lipinski definition) is 3. The minimum atomic E-state index is -0.540. The third-order valence-electron chi connectivity index (χ3n) is 3.78. The summed E-state index contributed by atoms with van der Waals surface area (Å²) in [5.41, 5.74) is 15.1. The number of hydrogen-bond donors (Lipinski definition) is 3. The number of nitrogens with two attached hydrogens (primary N) is 2. The molecule has 5 heteroatoms. The van der Waals surface area contributed by atoms with E-state index in [0.717, 1.165) is 12.8 Å². The number of halogens is 1. The van der Waals surface area contributed by atoms with Crippen molar-refractivity contribution < 1.29 is 4.79 Å². The second-order valence-electron chi connectivity index (χ2n) is 5.31. The molecule has 5 N–H and O–H groups in total. The molecule has 0 atom stereocenters. The highest BCUT2D eigenvalue weighted by molar-refractivity contribution is 6.34. The van der Waals surface area contributed by atoms with Gasteiger partial charge in [0, 0.05) is 11.7 Å². The predicted molar refractivity (Wildman–Crippen MR) is 85.6 cm³/mol. The number of carbonyl (C=O) groups excluding carboxylic acids is 1. The fraction of sp³-hybridized carbons (Fsp3) is 0.188. The first-order valence-electron chi connectivity index (χ1n) is 6.76. The summed E-state index contributed by atoms with van der Waals surface area (Å²) < 4.78 is 0. The van der Waals surface area contributed by atoms with E-state index in [1.807, 2.05) is 12.1 Å². The molecule has 0 aromatic heterocycles. The maximum Gasteiger partial charge on any atom is 0.250 e. The number of benzene rings is 2. The maximum atomic E-state index is 11.6. The highest BCUT2D eigenvalue weighted by Crippen LogP contribution is 2.32. The summed E-state index contributed by atoms with van der Waals surface area (Å²) in [6.45, 7) is 0. The Morgan fingerprint density at radius 3 is 2.38 bits per heavy atom. The Balaban J connectivity index is 1.88. The average Bonchev–Trinajstić information content (AvgIpc) is 2.83. The lowest BCUT2D eigenvalue weighted by Crippen LogP contribution is -2.23. The lowest BCUT2D eigenvalue weighted by atomic mass is 10.1. The third kappa shape index (κ3) is 2.67. The minimum absolute atomic E-state index is 0.196. The molecule has 0 saturated heterocycles. The molecule has 21 heavy (non-hydrogen) atoms. The summed E-state index contributed by atoms with van der Waals surface area (Å²) in [5.74, 6) is -0.540. The molecule has 0 heterocycles. The van der Waals surface area contributed by atoms with E-state index in [1.165, 1.54) is 11.1 Å². The number of fused-ring (bicyclic) bond motifs is 1. The van der Waals surface area contributed by atoms with Crippen LogP contribution in [0.4, 0.5) is 11.4 Å². The van der Waals surface area contributed by atoms with Gasteiger partial charge in [-0.1, -0.05) is 35.9 Å². The van der Waals surface area contributed by atoms with Crippen molar-refractivity contribution in [3.8, 4) is 0 Å².